The summed E-state index contributed by atoms with van der Waals surface area (Å²) >= 11 is 1.53. The Morgan fingerprint density at radius 2 is 1.89 bits per heavy atom. The van der Waals surface area contributed by atoms with Crippen molar-refractivity contribution < 1.29 is 0 Å². The number of H-pyrrole nitrogens is 1. The van der Waals surface area contributed by atoms with Crippen LogP contribution in [0.2, 0.25) is 0 Å². The van der Waals surface area contributed by atoms with Gasteiger partial charge in [-0.3, -0.25) is 14.3 Å². The lowest BCUT2D eigenvalue weighted by Crippen LogP contribution is -2.31. The summed E-state index contributed by atoms with van der Waals surface area (Å²) in [5.41, 5.74) is 0.972. The molecule has 0 amide bonds. The van der Waals surface area contributed by atoms with Gasteiger partial charge in [0, 0.05) is 6.54 Å². The Kier molecular flexibility index (Phi) is 7.12. The molecule has 1 saturated carbocycles. The maximum absolute atomic E-state index is 12.9. The molecule has 0 bridgehead atoms. The number of nitrogens with one attached hydrogen (secondary N) is 1. The van der Waals surface area contributed by atoms with Crippen molar-refractivity contribution in [2.75, 3.05) is 0 Å². The highest BCUT2D eigenvalue weighted by Gasteiger charge is 2.22. The Bertz CT molecular complexity index is 1400. The van der Waals surface area contributed by atoms with E-state index in [9.17, 15) is 9.59 Å². The molecule has 0 radical (unpaired) electrons. The Balaban J connectivity index is 1.51. The van der Waals surface area contributed by atoms with Crippen LogP contribution in [-0.4, -0.2) is 39.3 Å². The molecule has 1 fully saturated rings. The van der Waals surface area contributed by atoms with Crippen molar-refractivity contribution in [1.82, 2.24) is 39.3 Å². The van der Waals surface area contributed by atoms with E-state index < -0.39 is 11.2 Å². The SMILES string of the molecule is CCCCn1c(CSc2nnnn2C2CCCCC2)nc2c1c(=O)[nH]c(=O)n2Cc1ccccc1. The number of fused-ring (bicyclic) bond motifs is 1. The molecule has 0 atom stereocenters. The van der Waals surface area contributed by atoms with Crippen molar-refractivity contribution in [3.63, 3.8) is 0 Å². The fourth-order valence-electron chi connectivity index (χ4n) is 4.76. The van der Waals surface area contributed by atoms with Crippen LogP contribution in [0.5, 0.6) is 0 Å². The molecule has 0 unspecified atom stereocenters. The van der Waals surface area contributed by atoms with Crippen LogP contribution in [0.3, 0.4) is 0 Å². The lowest BCUT2D eigenvalue weighted by atomic mass is 9.96. The van der Waals surface area contributed by atoms with Crippen LogP contribution in [0.4, 0.5) is 0 Å². The fraction of sp³-hybridized carbons (Fsp3) is 0.500. The van der Waals surface area contributed by atoms with E-state index in [1.54, 1.807) is 4.57 Å². The van der Waals surface area contributed by atoms with Crippen molar-refractivity contribution in [1.29, 1.82) is 0 Å². The van der Waals surface area contributed by atoms with Gasteiger partial charge in [0.1, 0.15) is 5.82 Å². The third-order valence-corrected chi connectivity index (χ3v) is 7.53. The highest BCUT2D eigenvalue weighted by atomic mass is 32.2. The average Bonchev–Trinajstić information content (AvgIpc) is 3.50. The fourth-order valence-corrected chi connectivity index (χ4v) is 5.65. The summed E-state index contributed by atoms with van der Waals surface area (Å²) in [6.45, 7) is 3.11. The second-order valence-corrected chi connectivity index (χ2v) is 9.97. The summed E-state index contributed by atoms with van der Waals surface area (Å²) in [6, 6.07) is 10.0. The van der Waals surface area contributed by atoms with E-state index in [1.807, 2.05) is 39.6 Å². The molecule has 0 aliphatic heterocycles. The third-order valence-electron chi connectivity index (χ3n) is 6.60. The molecule has 11 heteroatoms. The zero-order chi connectivity index (χ0) is 24.2. The van der Waals surface area contributed by atoms with Crippen LogP contribution < -0.4 is 11.2 Å². The molecule has 184 valence electrons. The van der Waals surface area contributed by atoms with Crippen molar-refractivity contribution in [2.45, 2.75) is 81.9 Å². The summed E-state index contributed by atoms with van der Waals surface area (Å²) in [7, 11) is 0. The number of unbranched alkanes of at least 4 members (excludes halogenated alkanes) is 1. The lowest BCUT2D eigenvalue weighted by molar-refractivity contribution is 0.307. The molecular formula is C24H30N8O2S. The first-order valence-corrected chi connectivity index (χ1v) is 13.3. The summed E-state index contributed by atoms with van der Waals surface area (Å²) in [6.07, 6.45) is 7.73. The van der Waals surface area contributed by atoms with Crippen LogP contribution in [0.15, 0.2) is 45.1 Å². The second-order valence-electron chi connectivity index (χ2n) is 9.02. The predicted octanol–water partition coefficient (Wildman–Crippen LogP) is 3.52. The van der Waals surface area contributed by atoms with E-state index in [-0.39, 0.29) is 0 Å². The van der Waals surface area contributed by atoms with E-state index in [4.69, 9.17) is 4.98 Å². The molecule has 1 aromatic carbocycles. The maximum atomic E-state index is 12.9. The molecule has 1 aliphatic rings. The van der Waals surface area contributed by atoms with Crippen molar-refractivity contribution in [3.8, 4) is 0 Å². The van der Waals surface area contributed by atoms with Gasteiger partial charge < -0.3 is 4.57 Å². The molecular weight excluding hydrogens is 464 g/mol. The number of hydrogen-bond donors (Lipinski definition) is 1. The van der Waals surface area contributed by atoms with Gasteiger partial charge in [0.25, 0.3) is 5.56 Å². The molecule has 3 heterocycles. The van der Waals surface area contributed by atoms with Crippen molar-refractivity contribution in [2.24, 2.45) is 0 Å². The lowest BCUT2D eigenvalue weighted by Gasteiger charge is -2.21. The van der Waals surface area contributed by atoms with Crippen LogP contribution in [0, 0.1) is 0 Å². The second kappa shape index (κ2) is 10.6. The minimum atomic E-state index is -0.452. The van der Waals surface area contributed by atoms with Gasteiger partial charge in [0.05, 0.1) is 18.3 Å². The summed E-state index contributed by atoms with van der Waals surface area (Å²) in [4.78, 5) is 33.0. The van der Waals surface area contributed by atoms with Crippen LogP contribution in [0.1, 0.15) is 69.3 Å². The Labute approximate surface area is 206 Å². The topological polar surface area (TPSA) is 116 Å². The maximum Gasteiger partial charge on any atom is 0.330 e. The number of benzene rings is 1. The normalized spacial score (nSPS) is 14.7. The third kappa shape index (κ3) is 4.95. The Morgan fingerprint density at radius 1 is 1.09 bits per heavy atom. The molecule has 5 rings (SSSR count). The van der Waals surface area contributed by atoms with E-state index in [1.165, 1.54) is 31.0 Å². The molecule has 0 spiro atoms. The van der Waals surface area contributed by atoms with Gasteiger partial charge in [-0.15, -0.1) is 5.10 Å². The van der Waals surface area contributed by atoms with Gasteiger partial charge in [0.15, 0.2) is 11.2 Å². The first-order chi connectivity index (χ1) is 17.2. The number of tetrazole rings is 1. The number of aromatic amines is 1. The average molecular weight is 495 g/mol. The molecule has 1 aliphatic carbocycles. The van der Waals surface area contributed by atoms with E-state index >= 15 is 0 Å². The van der Waals surface area contributed by atoms with Crippen LogP contribution in [0.25, 0.3) is 11.2 Å². The van der Waals surface area contributed by atoms with E-state index in [2.05, 4.69) is 27.4 Å². The number of hydrogen-bond acceptors (Lipinski definition) is 7. The number of nitrogens with zero attached hydrogens (tertiary/aromatic N) is 7. The standard InChI is InChI=1S/C24H30N8O2S/c1-2-3-14-30-19(16-35-24-27-28-29-32(24)18-12-8-5-9-13-18)25-21-20(30)22(33)26-23(34)31(21)15-17-10-6-4-7-11-17/h4,6-7,10-11,18H,2-3,5,8-9,12-16H2,1H3,(H,26,33,34). The molecule has 0 saturated heterocycles. The smallest absolute Gasteiger partial charge is 0.321 e. The highest BCUT2D eigenvalue weighted by molar-refractivity contribution is 7.98. The van der Waals surface area contributed by atoms with Gasteiger partial charge in [0.2, 0.25) is 5.16 Å². The van der Waals surface area contributed by atoms with Crippen molar-refractivity contribution >= 4 is 22.9 Å². The van der Waals surface area contributed by atoms with Crippen LogP contribution in [-0.2, 0) is 18.8 Å². The van der Waals surface area contributed by atoms with Crippen molar-refractivity contribution in [3.05, 3.63) is 62.6 Å². The predicted molar refractivity (Wildman–Crippen MR) is 135 cm³/mol. The first kappa shape index (κ1) is 23.5. The zero-order valence-electron chi connectivity index (χ0n) is 19.9. The zero-order valence-corrected chi connectivity index (χ0v) is 20.7. The highest BCUT2D eigenvalue weighted by Crippen LogP contribution is 2.31. The number of thioether (sulfide) groups is 1. The largest absolute Gasteiger partial charge is 0.330 e. The summed E-state index contributed by atoms with van der Waals surface area (Å²) in [5, 5.41) is 13.2. The summed E-state index contributed by atoms with van der Waals surface area (Å²) < 4.78 is 5.45. The Hall–Kier alpha value is -3.21. The number of aromatic nitrogens is 8. The van der Waals surface area contributed by atoms with Gasteiger partial charge >= 0.3 is 5.69 Å². The molecule has 1 N–H and O–H groups in total. The van der Waals surface area contributed by atoms with Crippen LogP contribution >= 0.6 is 11.8 Å². The Morgan fingerprint density at radius 3 is 2.66 bits per heavy atom. The quantitative estimate of drug-likeness (QED) is 0.354. The molecule has 35 heavy (non-hydrogen) atoms. The van der Waals surface area contributed by atoms with E-state index in [0.29, 0.717) is 36.0 Å². The molecule has 10 nitrogen and oxygen atoms in total. The number of aryl methyl sites for hydroxylation is 1. The first-order valence-electron chi connectivity index (χ1n) is 12.3. The number of imidazole rings is 1. The van der Waals surface area contributed by atoms with Gasteiger partial charge in [-0.2, -0.15) is 0 Å². The molecule has 3 aromatic heterocycles. The van der Waals surface area contributed by atoms with Gasteiger partial charge in [-0.05, 0) is 35.3 Å². The van der Waals surface area contributed by atoms with Gasteiger partial charge in [-0.1, -0.05) is 74.7 Å². The minimum absolute atomic E-state index is 0.332. The summed E-state index contributed by atoms with van der Waals surface area (Å²) in [5.74, 6) is 1.25. The monoisotopic (exact) mass is 494 g/mol. The number of rotatable bonds is 9. The van der Waals surface area contributed by atoms with E-state index in [0.717, 1.165) is 42.2 Å². The molecule has 4 aromatic rings. The minimum Gasteiger partial charge on any atom is -0.321 e. The van der Waals surface area contributed by atoms with Gasteiger partial charge in [-0.25, -0.2) is 14.5 Å².